The van der Waals surface area contributed by atoms with E-state index in [4.69, 9.17) is 0 Å². The summed E-state index contributed by atoms with van der Waals surface area (Å²) < 4.78 is 0. The van der Waals surface area contributed by atoms with Gasteiger partial charge in [-0.3, -0.25) is 4.79 Å². The smallest absolute Gasteiger partial charge is 0.211 e. The SMILES string of the molecule is CC(C)(C)CC(C)(C)C1=C/C(=N\O)C(=O)C(C(C)(C)c2ccccc2)=C1. The maximum atomic E-state index is 12.9. The van der Waals surface area contributed by atoms with Gasteiger partial charge in [0.15, 0.2) is 5.71 Å². The molecule has 0 unspecified atom stereocenters. The van der Waals surface area contributed by atoms with Crippen LogP contribution in [0.15, 0.2) is 58.8 Å². The third-order valence-corrected chi connectivity index (χ3v) is 5.10. The first-order valence-electron chi connectivity index (χ1n) is 9.15. The number of Topliss-reactive ketones (excluding diaryl/α,β-unsaturated/α-hetero) is 1. The lowest BCUT2D eigenvalue weighted by atomic mass is 9.67. The third-order valence-electron chi connectivity index (χ3n) is 5.10. The quantitative estimate of drug-likeness (QED) is 0.429. The number of hydrogen-bond donors (Lipinski definition) is 1. The number of ketones is 1. The van der Waals surface area contributed by atoms with Crippen molar-refractivity contribution in [1.82, 2.24) is 0 Å². The largest absolute Gasteiger partial charge is 0.410 e. The van der Waals surface area contributed by atoms with E-state index in [2.05, 4.69) is 39.8 Å². The second kappa shape index (κ2) is 6.86. The fourth-order valence-electron chi connectivity index (χ4n) is 3.98. The number of rotatable bonds is 4. The molecule has 0 bridgehead atoms. The number of hydrogen-bond acceptors (Lipinski definition) is 3. The van der Waals surface area contributed by atoms with Gasteiger partial charge in [-0.15, -0.1) is 0 Å². The van der Waals surface area contributed by atoms with E-state index in [1.165, 1.54) is 0 Å². The number of allylic oxidation sites excluding steroid dienone is 4. The molecule has 140 valence electrons. The van der Waals surface area contributed by atoms with Crippen LogP contribution in [0.5, 0.6) is 0 Å². The van der Waals surface area contributed by atoms with Crippen molar-refractivity contribution >= 4 is 11.5 Å². The van der Waals surface area contributed by atoms with Crippen molar-refractivity contribution in [2.45, 2.75) is 60.3 Å². The van der Waals surface area contributed by atoms with Gasteiger partial charge in [-0.1, -0.05) is 90.0 Å². The first-order chi connectivity index (χ1) is 11.9. The molecule has 1 aliphatic carbocycles. The molecule has 1 N–H and O–H groups in total. The van der Waals surface area contributed by atoms with Gasteiger partial charge in [-0.2, -0.15) is 0 Å². The molecule has 3 nitrogen and oxygen atoms in total. The van der Waals surface area contributed by atoms with Crippen LogP contribution in [0.1, 0.15) is 60.5 Å². The highest BCUT2D eigenvalue weighted by Crippen LogP contribution is 2.43. The van der Waals surface area contributed by atoms with Crippen molar-refractivity contribution in [3.63, 3.8) is 0 Å². The molecule has 26 heavy (non-hydrogen) atoms. The molecule has 1 aromatic carbocycles. The van der Waals surface area contributed by atoms with E-state index in [1.54, 1.807) is 6.08 Å². The van der Waals surface area contributed by atoms with Crippen LogP contribution in [-0.2, 0) is 10.2 Å². The minimum atomic E-state index is -0.481. The van der Waals surface area contributed by atoms with E-state index in [9.17, 15) is 10.0 Å². The molecule has 0 amide bonds. The zero-order valence-electron chi connectivity index (χ0n) is 17.1. The van der Waals surface area contributed by atoms with Gasteiger partial charge >= 0.3 is 0 Å². The summed E-state index contributed by atoms with van der Waals surface area (Å²) in [6.07, 6.45) is 4.70. The van der Waals surface area contributed by atoms with Gasteiger partial charge in [0.25, 0.3) is 0 Å². The number of oxime groups is 1. The fraction of sp³-hybridized carbons (Fsp3) is 0.478. The van der Waals surface area contributed by atoms with Crippen LogP contribution >= 0.6 is 0 Å². The Balaban J connectivity index is 2.57. The molecule has 0 fully saturated rings. The molecule has 0 saturated heterocycles. The summed E-state index contributed by atoms with van der Waals surface area (Å²) in [5.74, 6) is -0.211. The molecular weight excluding hydrogens is 322 g/mol. The summed E-state index contributed by atoms with van der Waals surface area (Å²) in [4.78, 5) is 12.9. The Bertz CT molecular complexity index is 772. The monoisotopic (exact) mass is 353 g/mol. The predicted octanol–water partition coefficient (Wildman–Crippen LogP) is 5.69. The number of benzene rings is 1. The molecule has 0 radical (unpaired) electrons. The molecule has 3 heteroatoms. The summed E-state index contributed by atoms with van der Waals surface area (Å²) in [5, 5.41) is 12.7. The lowest BCUT2D eigenvalue weighted by Crippen LogP contribution is -2.34. The molecule has 0 saturated carbocycles. The standard InChI is InChI=1S/C23H31NO2/c1-21(2,3)15-22(4,5)17-13-18(20(25)19(14-17)24-26)23(6,7)16-11-9-8-10-12-16/h8-14,26H,15H2,1-7H3/b24-19+. The second-order valence-corrected chi connectivity index (χ2v) is 9.58. The second-order valence-electron chi connectivity index (χ2n) is 9.58. The van der Waals surface area contributed by atoms with Gasteiger partial charge in [-0.05, 0) is 34.5 Å². The Hall–Kier alpha value is -2.16. The average molecular weight is 354 g/mol. The maximum absolute atomic E-state index is 12.9. The van der Waals surface area contributed by atoms with Crippen LogP contribution in [0.3, 0.4) is 0 Å². The third kappa shape index (κ3) is 4.14. The van der Waals surface area contributed by atoms with E-state index in [0.717, 1.165) is 17.6 Å². The Morgan fingerprint density at radius 3 is 2.00 bits per heavy atom. The normalized spacial score (nSPS) is 18.0. The number of carbonyl (C=O) groups is 1. The number of nitrogens with zero attached hydrogens (tertiary/aromatic N) is 1. The van der Waals surface area contributed by atoms with Crippen molar-refractivity contribution in [2.75, 3.05) is 0 Å². The molecule has 0 aromatic heterocycles. The van der Waals surface area contributed by atoms with Crippen LogP contribution in [0.25, 0.3) is 0 Å². The van der Waals surface area contributed by atoms with Crippen molar-refractivity contribution in [1.29, 1.82) is 0 Å². The lowest BCUT2D eigenvalue weighted by molar-refractivity contribution is -0.110. The van der Waals surface area contributed by atoms with Gasteiger partial charge in [0, 0.05) is 11.0 Å². The highest BCUT2D eigenvalue weighted by Gasteiger charge is 2.38. The van der Waals surface area contributed by atoms with Crippen LogP contribution in [-0.4, -0.2) is 16.7 Å². The maximum Gasteiger partial charge on any atom is 0.211 e. The molecule has 1 aliphatic rings. The Kier molecular flexibility index (Phi) is 5.32. The summed E-state index contributed by atoms with van der Waals surface area (Å²) in [7, 11) is 0. The first-order valence-corrected chi connectivity index (χ1v) is 9.15. The van der Waals surface area contributed by atoms with Crippen LogP contribution in [0, 0.1) is 10.8 Å². The van der Waals surface area contributed by atoms with Crippen molar-refractivity contribution in [3.8, 4) is 0 Å². The molecule has 1 aromatic rings. The first kappa shape index (κ1) is 20.2. The zero-order chi connectivity index (χ0) is 19.8. The average Bonchev–Trinajstić information content (AvgIpc) is 2.53. The number of carbonyl (C=O) groups excluding carboxylic acids is 1. The molecule has 0 atom stereocenters. The molecule has 0 heterocycles. The Morgan fingerprint density at radius 1 is 0.923 bits per heavy atom. The highest BCUT2D eigenvalue weighted by atomic mass is 16.4. The van der Waals surface area contributed by atoms with Gasteiger partial charge in [0.1, 0.15) is 0 Å². The fourth-order valence-corrected chi connectivity index (χ4v) is 3.98. The van der Waals surface area contributed by atoms with E-state index < -0.39 is 5.41 Å². The van der Waals surface area contributed by atoms with E-state index in [0.29, 0.717) is 5.57 Å². The van der Waals surface area contributed by atoms with Crippen molar-refractivity contribution in [3.05, 3.63) is 59.2 Å². The molecule has 0 spiro atoms. The topological polar surface area (TPSA) is 49.7 Å². The van der Waals surface area contributed by atoms with Gasteiger partial charge in [0.05, 0.1) is 0 Å². The Morgan fingerprint density at radius 2 is 1.50 bits per heavy atom. The van der Waals surface area contributed by atoms with Crippen LogP contribution in [0.2, 0.25) is 0 Å². The molecule has 0 aliphatic heterocycles. The van der Waals surface area contributed by atoms with Crippen molar-refractivity contribution < 1.29 is 10.0 Å². The van der Waals surface area contributed by atoms with Gasteiger partial charge in [-0.25, -0.2) is 0 Å². The minimum absolute atomic E-state index is 0.114. The lowest BCUT2D eigenvalue weighted by Gasteiger charge is -2.37. The Labute approximate surface area is 157 Å². The van der Waals surface area contributed by atoms with Gasteiger partial charge < -0.3 is 5.21 Å². The van der Waals surface area contributed by atoms with Gasteiger partial charge in [0.2, 0.25) is 5.78 Å². The summed E-state index contributed by atoms with van der Waals surface area (Å²) in [6.45, 7) is 15.1. The van der Waals surface area contributed by atoms with Crippen LogP contribution in [0.4, 0.5) is 0 Å². The van der Waals surface area contributed by atoms with E-state index >= 15 is 0 Å². The highest BCUT2D eigenvalue weighted by molar-refractivity contribution is 6.51. The predicted molar refractivity (Wildman–Crippen MR) is 108 cm³/mol. The summed E-state index contributed by atoms with van der Waals surface area (Å²) in [6, 6.07) is 9.98. The molecule has 2 rings (SSSR count). The zero-order valence-corrected chi connectivity index (χ0v) is 17.1. The summed E-state index contributed by atoms with van der Waals surface area (Å²) >= 11 is 0. The minimum Gasteiger partial charge on any atom is -0.410 e. The van der Waals surface area contributed by atoms with Crippen molar-refractivity contribution in [2.24, 2.45) is 16.0 Å². The van der Waals surface area contributed by atoms with Crippen LogP contribution < -0.4 is 0 Å². The van der Waals surface area contributed by atoms with E-state index in [1.807, 2.05) is 50.3 Å². The molecular formula is C23H31NO2. The summed E-state index contributed by atoms with van der Waals surface area (Å²) in [5.41, 5.74) is 2.38. The van der Waals surface area contributed by atoms with E-state index in [-0.39, 0.29) is 22.3 Å².